The van der Waals surface area contributed by atoms with Gasteiger partial charge in [0, 0.05) is 50.8 Å². The zero-order chi connectivity index (χ0) is 15.4. The van der Waals surface area contributed by atoms with Gasteiger partial charge in [-0.15, -0.1) is 11.3 Å². The standard InChI is InChI=1S/C15H22N4OS/c1-11(2)14-17-12(10-21-14)15(20)19(4)8-5-6-13-16-7-9-18(13)3/h7,9-11H,5-6,8H2,1-4H3. The summed E-state index contributed by atoms with van der Waals surface area (Å²) in [7, 11) is 3.81. The Hall–Kier alpha value is -1.69. The molecule has 6 heteroatoms. The molecular formula is C15H22N4OS. The van der Waals surface area contributed by atoms with E-state index in [0.717, 1.165) is 23.7 Å². The van der Waals surface area contributed by atoms with Crippen LogP contribution in [0.25, 0.3) is 0 Å². The second kappa shape index (κ2) is 6.85. The van der Waals surface area contributed by atoms with Crippen molar-refractivity contribution in [2.45, 2.75) is 32.6 Å². The smallest absolute Gasteiger partial charge is 0.273 e. The molecule has 114 valence electrons. The molecule has 0 saturated carbocycles. The van der Waals surface area contributed by atoms with Gasteiger partial charge in [0.25, 0.3) is 5.91 Å². The van der Waals surface area contributed by atoms with E-state index in [0.29, 0.717) is 18.2 Å². The fourth-order valence-electron chi connectivity index (χ4n) is 2.06. The average Bonchev–Trinajstić information content (AvgIpc) is 3.07. The first-order chi connectivity index (χ1) is 9.99. The molecule has 5 nitrogen and oxygen atoms in total. The third-order valence-corrected chi connectivity index (χ3v) is 4.54. The van der Waals surface area contributed by atoms with Crippen LogP contribution in [0.4, 0.5) is 0 Å². The Morgan fingerprint density at radius 2 is 2.24 bits per heavy atom. The van der Waals surface area contributed by atoms with Gasteiger partial charge in [0.05, 0.1) is 5.01 Å². The maximum atomic E-state index is 12.3. The number of rotatable bonds is 6. The summed E-state index contributed by atoms with van der Waals surface area (Å²) in [4.78, 5) is 22.7. The minimum atomic E-state index is -0.00186. The van der Waals surface area contributed by atoms with Gasteiger partial charge in [0.1, 0.15) is 11.5 Å². The fraction of sp³-hybridized carbons (Fsp3) is 0.533. The van der Waals surface area contributed by atoms with Crippen molar-refractivity contribution in [2.75, 3.05) is 13.6 Å². The molecule has 0 radical (unpaired) electrons. The zero-order valence-corrected chi connectivity index (χ0v) is 13.9. The number of hydrogen-bond acceptors (Lipinski definition) is 4. The second-order valence-corrected chi connectivity index (χ2v) is 6.40. The van der Waals surface area contributed by atoms with E-state index in [1.54, 1.807) is 22.4 Å². The monoisotopic (exact) mass is 306 g/mol. The molecule has 0 bridgehead atoms. The predicted molar refractivity (Wildman–Crippen MR) is 84.7 cm³/mol. The van der Waals surface area contributed by atoms with Crippen molar-refractivity contribution in [1.82, 2.24) is 19.4 Å². The van der Waals surface area contributed by atoms with Gasteiger partial charge in [0.15, 0.2) is 0 Å². The molecule has 0 aliphatic rings. The number of carbonyl (C=O) groups is 1. The number of amides is 1. The van der Waals surface area contributed by atoms with Crippen molar-refractivity contribution in [2.24, 2.45) is 7.05 Å². The zero-order valence-electron chi connectivity index (χ0n) is 13.0. The number of thiazole rings is 1. The van der Waals surface area contributed by atoms with Gasteiger partial charge < -0.3 is 9.47 Å². The van der Waals surface area contributed by atoms with Crippen LogP contribution in [-0.2, 0) is 13.5 Å². The summed E-state index contributed by atoms with van der Waals surface area (Å²) < 4.78 is 2.01. The molecule has 0 saturated heterocycles. The Labute approximate surface area is 129 Å². The largest absolute Gasteiger partial charge is 0.340 e. The molecule has 21 heavy (non-hydrogen) atoms. The van der Waals surface area contributed by atoms with Crippen LogP contribution in [0.1, 0.15) is 47.5 Å². The average molecular weight is 306 g/mol. The van der Waals surface area contributed by atoms with Crippen molar-refractivity contribution < 1.29 is 4.79 Å². The minimum Gasteiger partial charge on any atom is -0.340 e. The Bertz CT molecular complexity index is 602. The maximum absolute atomic E-state index is 12.3. The summed E-state index contributed by atoms with van der Waals surface area (Å²) in [6.45, 7) is 4.88. The van der Waals surface area contributed by atoms with Crippen LogP contribution in [0.15, 0.2) is 17.8 Å². The molecule has 1 amide bonds. The summed E-state index contributed by atoms with van der Waals surface area (Å²) in [6, 6.07) is 0. The van der Waals surface area contributed by atoms with Crippen molar-refractivity contribution in [3.05, 3.63) is 34.3 Å². The molecule has 0 aliphatic heterocycles. The summed E-state index contributed by atoms with van der Waals surface area (Å²) >= 11 is 1.56. The summed E-state index contributed by atoms with van der Waals surface area (Å²) in [5.41, 5.74) is 0.559. The Morgan fingerprint density at radius 1 is 1.48 bits per heavy atom. The van der Waals surface area contributed by atoms with Gasteiger partial charge in [-0.25, -0.2) is 9.97 Å². The Morgan fingerprint density at radius 3 is 2.81 bits per heavy atom. The first-order valence-corrected chi connectivity index (χ1v) is 8.04. The predicted octanol–water partition coefficient (Wildman–Crippen LogP) is 2.70. The topological polar surface area (TPSA) is 51.0 Å². The van der Waals surface area contributed by atoms with Crippen molar-refractivity contribution in [3.8, 4) is 0 Å². The second-order valence-electron chi connectivity index (χ2n) is 5.51. The minimum absolute atomic E-state index is 0.00186. The number of nitrogens with zero attached hydrogens (tertiary/aromatic N) is 4. The lowest BCUT2D eigenvalue weighted by atomic mass is 10.2. The normalized spacial score (nSPS) is 11.1. The van der Waals surface area contributed by atoms with Crippen molar-refractivity contribution in [3.63, 3.8) is 0 Å². The van der Waals surface area contributed by atoms with Gasteiger partial charge in [0.2, 0.25) is 0 Å². The molecule has 0 aromatic carbocycles. The van der Waals surface area contributed by atoms with Gasteiger partial charge in [-0.05, 0) is 6.42 Å². The first-order valence-electron chi connectivity index (χ1n) is 7.16. The third kappa shape index (κ3) is 3.91. The number of carbonyl (C=O) groups excluding carboxylic acids is 1. The first kappa shape index (κ1) is 15.7. The highest BCUT2D eigenvalue weighted by Crippen LogP contribution is 2.19. The summed E-state index contributed by atoms with van der Waals surface area (Å²) in [6.07, 6.45) is 5.50. The highest BCUT2D eigenvalue weighted by atomic mass is 32.1. The van der Waals surface area contributed by atoms with Crippen LogP contribution in [0, 0.1) is 0 Å². The maximum Gasteiger partial charge on any atom is 0.273 e. The molecule has 0 atom stereocenters. The number of imidazole rings is 1. The van der Waals surface area contributed by atoms with E-state index in [1.807, 2.05) is 30.2 Å². The van der Waals surface area contributed by atoms with Gasteiger partial charge >= 0.3 is 0 Å². The summed E-state index contributed by atoms with van der Waals surface area (Å²) in [5, 5.41) is 2.87. The van der Waals surface area contributed by atoms with Crippen LogP contribution in [0.5, 0.6) is 0 Å². The molecule has 0 unspecified atom stereocenters. The van der Waals surface area contributed by atoms with Crippen molar-refractivity contribution in [1.29, 1.82) is 0 Å². The van der Waals surface area contributed by atoms with E-state index < -0.39 is 0 Å². The molecule has 2 aromatic rings. The molecule has 0 spiro atoms. The van der Waals surface area contributed by atoms with Gasteiger partial charge in [-0.2, -0.15) is 0 Å². The number of aryl methyl sites for hydroxylation is 2. The van der Waals surface area contributed by atoms with Crippen molar-refractivity contribution >= 4 is 17.2 Å². The molecular weight excluding hydrogens is 284 g/mol. The molecule has 2 aromatic heterocycles. The lowest BCUT2D eigenvalue weighted by Gasteiger charge is -2.15. The van der Waals surface area contributed by atoms with E-state index in [2.05, 4.69) is 23.8 Å². The van der Waals surface area contributed by atoms with Crippen LogP contribution >= 0.6 is 11.3 Å². The van der Waals surface area contributed by atoms with Gasteiger partial charge in [-0.3, -0.25) is 4.79 Å². The van der Waals surface area contributed by atoms with E-state index in [9.17, 15) is 4.79 Å². The molecule has 0 fully saturated rings. The van der Waals surface area contributed by atoms with E-state index >= 15 is 0 Å². The van der Waals surface area contributed by atoms with Crippen LogP contribution in [0.2, 0.25) is 0 Å². The van der Waals surface area contributed by atoms with E-state index in [1.165, 1.54) is 0 Å². The fourth-order valence-corrected chi connectivity index (χ4v) is 2.87. The Kier molecular flexibility index (Phi) is 5.12. The van der Waals surface area contributed by atoms with E-state index in [4.69, 9.17) is 0 Å². The number of hydrogen-bond donors (Lipinski definition) is 0. The highest BCUT2D eigenvalue weighted by molar-refractivity contribution is 7.09. The van der Waals surface area contributed by atoms with Gasteiger partial charge in [-0.1, -0.05) is 13.8 Å². The summed E-state index contributed by atoms with van der Waals surface area (Å²) in [5.74, 6) is 1.41. The SMILES string of the molecule is CC(C)c1nc(C(=O)N(C)CCCc2nccn2C)cs1. The molecule has 0 N–H and O–H groups in total. The van der Waals surface area contributed by atoms with E-state index in [-0.39, 0.29) is 5.91 Å². The van der Waals surface area contributed by atoms with Crippen LogP contribution in [-0.4, -0.2) is 38.9 Å². The Balaban J connectivity index is 1.86. The van der Waals surface area contributed by atoms with Crippen LogP contribution < -0.4 is 0 Å². The molecule has 2 rings (SSSR count). The number of aromatic nitrogens is 3. The molecule has 2 heterocycles. The third-order valence-electron chi connectivity index (χ3n) is 3.40. The highest BCUT2D eigenvalue weighted by Gasteiger charge is 2.16. The quantitative estimate of drug-likeness (QED) is 0.824. The van der Waals surface area contributed by atoms with Crippen LogP contribution in [0.3, 0.4) is 0 Å². The lowest BCUT2D eigenvalue weighted by molar-refractivity contribution is 0.0788. The lowest BCUT2D eigenvalue weighted by Crippen LogP contribution is -2.28. The molecule has 0 aliphatic carbocycles.